The van der Waals surface area contributed by atoms with Gasteiger partial charge in [0.25, 0.3) is 0 Å². The van der Waals surface area contributed by atoms with Gasteiger partial charge in [0.05, 0.1) is 23.6 Å². The Labute approximate surface area is 171 Å². The van der Waals surface area contributed by atoms with Gasteiger partial charge in [-0.15, -0.1) is 0 Å². The first-order valence-electron chi connectivity index (χ1n) is 10.2. The van der Waals surface area contributed by atoms with Crippen molar-refractivity contribution in [3.63, 3.8) is 0 Å². The van der Waals surface area contributed by atoms with Crippen molar-refractivity contribution in [3.8, 4) is 11.3 Å². The van der Waals surface area contributed by atoms with Gasteiger partial charge in [0, 0.05) is 25.3 Å². The van der Waals surface area contributed by atoms with E-state index in [-0.39, 0.29) is 12.1 Å². The minimum atomic E-state index is -0.170. The molecule has 2 heterocycles. The third-order valence-corrected chi connectivity index (χ3v) is 5.55. The summed E-state index contributed by atoms with van der Waals surface area (Å²) >= 11 is 0. The number of hydrogen-bond acceptors (Lipinski definition) is 6. The Balaban J connectivity index is 1.53. The Morgan fingerprint density at radius 1 is 1.10 bits per heavy atom. The number of nitrogens with zero attached hydrogens (tertiary/aromatic N) is 4. The van der Waals surface area contributed by atoms with Gasteiger partial charge in [-0.1, -0.05) is 30.3 Å². The summed E-state index contributed by atoms with van der Waals surface area (Å²) in [6.07, 6.45) is 6.96. The van der Waals surface area contributed by atoms with Crippen LogP contribution in [0.2, 0.25) is 0 Å². The molecular formula is C22H28N6O. The van der Waals surface area contributed by atoms with E-state index in [1.807, 2.05) is 42.2 Å². The molecule has 0 bridgehead atoms. The lowest BCUT2D eigenvalue weighted by atomic mass is 9.93. The summed E-state index contributed by atoms with van der Waals surface area (Å²) in [6, 6.07) is 12.7. The van der Waals surface area contributed by atoms with Crippen molar-refractivity contribution in [2.45, 2.75) is 50.8 Å². The number of aromatic nitrogens is 4. The maximum Gasteiger partial charge on any atom is 0.223 e. The van der Waals surface area contributed by atoms with Crippen LogP contribution in [0, 0.1) is 0 Å². The molecule has 1 saturated carbocycles. The Morgan fingerprint density at radius 3 is 2.62 bits per heavy atom. The number of aliphatic hydroxyl groups is 1. The quantitative estimate of drug-likeness (QED) is 0.592. The van der Waals surface area contributed by atoms with Crippen molar-refractivity contribution < 1.29 is 5.11 Å². The van der Waals surface area contributed by atoms with Gasteiger partial charge < -0.3 is 15.7 Å². The molecular weight excluding hydrogens is 364 g/mol. The Kier molecular flexibility index (Phi) is 5.76. The molecule has 7 nitrogen and oxygen atoms in total. The summed E-state index contributed by atoms with van der Waals surface area (Å²) in [5.41, 5.74) is 2.98. The molecule has 1 aromatic carbocycles. The molecule has 3 aromatic rings. The number of rotatable bonds is 6. The van der Waals surface area contributed by atoms with Gasteiger partial charge in [-0.2, -0.15) is 5.10 Å². The number of nitrogens with one attached hydrogen (secondary N) is 2. The summed E-state index contributed by atoms with van der Waals surface area (Å²) in [5, 5.41) is 21.1. The highest BCUT2D eigenvalue weighted by Crippen LogP contribution is 2.30. The molecule has 7 heteroatoms. The van der Waals surface area contributed by atoms with Gasteiger partial charge in [0.2, 0.25) is 5.95 Å². The lowest BCUT2D eigenvalue weighted by Gasteiger charge is -2.26. The van der Waals surface area contributed by atoms with Crippen LogP contribution in [0.4, 0.5) is 11.8 Å². The smallest absolute Gasteiger partial charge is 0.223 e. The fraction of sp³-hybridized carbons (Fsp3) is 0.409. The van der Waals surface area contributed by atoms with Gasteiger partial charge >= 0.3 is 0 Å². The highest BCUT2D eigenvalue weighted by Gasteiger charge is 2.20. The number of aryl methyl sites for hydroxylation is 1. The molecule has 1 unspecified atom stereocenters. The van der Waals surface area contributed by atoms with Crippen molar-refractivity contribution in [1.29, 1.82) is 0 Å². The van der Waals surface area contributed by atoms with E-state index < -0.39 is 0 Å². The Morgan fingerprint density at radius 2 is 1.86 bits per heavy atom. The van der Waals surface area contributed by atoms with Crippen molar-refractivity contribution >= 4 is 11.8 Å². The molecule has 0 aliphatic heterocycles. The SMILES string of the molecule is CC(Nc1c(-c2ccnc(NC3CCC(O)CC3)n2)cnn1C)c1ccccc1. The van der Waals surface area contributed by atoms with E-state index in [4.69, 9.17) is 4.98 Å². The third kappa shape index (κ3) is 4.56. The fourth-order valence-corrected chi connectivity index (χ4v) is 3.81. The summed E-state index contributed by atoms with van der Waals surface area (Å²) in [7, 11) is 1.93. The molecule has 2 aromatic heterocycles. The van der Waals surface area contributed by atoms with Crippen LogP contribution in [0.1, 0.15) is 44.2 Å². The van der Waals surface area contributed by atoms with Gasteiger partial charge in [-0.05, 0) is 44.2 Å². The van der Waals surface area contributed by atoms with E-state index in [1.54, 1.807) is 6.20 Å². The van der Waals surface area contributed by atoms with Gasteiger partial charge in [-0.25, -0.2) is 9.97 Å². The van der Waals surface area contributed by atoms with E-state index >= 15 is 0 Å². The van der Waals surface area contributed by atoms with Crippen molar-refractivity contribution in [2.24, 2.45) is 7.05 Å². The minimum Gasteiger partial charge on any atom is -0.393 e. The molecule has 0 amide bonds. The second kappa shape index (κ2) is 8.61. The summed E-state index contributed by atoms with van der Waals surface area (Å²) in [5.74, 6) is 1.54. The highest BCUT2D eigenvalue weighted by molar-refractivity contribution is 5.73. The average molecular weight is 393 g/mol. The molecule has 29 heavy (non-hydrogen) atoms. The van der Waals surface area contributed by atoms with Crippen molar-refractivity contribution in [2.75, 3.05) is 10.6 Å². The number of anilines is 2. The van der Waals surface area contributed by atoms with Gasteiger partial charge in [-0.3, -0.25) is 4.68 Å². The van der Waals surface area contributed by atoms with E-state index in [2.05, 4.69) is 39.8 Å². The minimum absolute atomic E-state index is 0.137. The first kappa shape index (κ1) is 19.4. The normalized spacial score (nSPS) is 20.2. The van der Waals surface area contributed by atoms with Crippen LogP contribution in [0.25, 0.3) is 11.3 Å². The van der Waals surface area contributed by atoms with Gasteiger partial charge in [0.15, 0.2) is 0 Å². The fourth-order valence-electron chi connectivity index (χ4n) is 3.81. The molecule has 1 aliphatic carbocycles. The van der Waals surface area contributed by atoms with Gasteiger partial charge in [0.1, 0.15) is 5.82 Å². The Hall–Kier alpha value is -2.93. The standard InChI is InChI=1S/C22H28N6O/c1-15(16-6-4-3-5-7-16)25-21-19(14-24-28(21)2)20-12-13-23-22(27-20)26-17-8-10-18(29)11-9-17/h3-7,12-15,17-18,25,29H,8-11H2,1-2H3,(H,23,26,27). The highest BCUT2D eigenvalue weighted by atomic mass is 16.3. The molecule has 4 rings (SSSR count). The van der Waals surface area contributed by atoms with E-state index in [0.717, 1.165) is 42.8 Å². The zero-order chi connectivity index (χ0) is 20.2. The lowest BCUT2D eigenvalue weighted by Crippen LogP contribution is -2.28. The van der Waals surface area contributed by atoms with E-state index in [0.29, 0.717) is 12.0 Å². The molecule has 0 saturated heterocycles. The second-order valence-corrected chi connectivity index (χ2v) is 7.72. The van der Waals surface area contributed by atoms with Crippen molar-refractivity contribution in [1.82, 2.24) is 19.7 Å². The maximum atomic E-state index is 9.70. The Bertz CT molecular complexity index is 933. The molecule has 0 spiro atoms. The molecule has 3 N–H and O–H groups in total. The van der Waals surface area contributed by atoms with E-state index in [1.165, 1.54) is 5.56 Å². The third-order valence-electron chi connectivity index (χ3n) is 5.55. The zero-order valence-electron chi connectivity index (χ0n) is 16.9. The lowest BCUT2D eigenvalue weighted by molar-refractivity contribution is 0.126. The molecule has 152 valence electrons. The van der Waals surface area contributed by atoms with Crippen LogP contribution < -0.4 is 10.6 Å². The topological polar surface area (TPSA) is 87.9 Å². The monoisotopic (exact) mass is 392 g/mol. The number of benzene rings is 1. The molecule has 1 atom stereocenters. The van der Waals surface area contributed by atoms with Crippen LogP contribution in [0.5, 0.6) is 0 Å². The molecule has 1 fully saturated rings. The zero-order valence-corrected chi connectivity index (χ0v) is 16.9. The van der Waals surface area contributed by atoms with Crippen LogP contribution in [-0.2, 0) is 7.05 Å². The van der Waals surface area contributed by atoms with Crippen LogP contribution >= 0.6 is 0 Å². The molecule has 0 radical (unpaired) electrons. The van der Waals surface area contributed by atoms with Crippen LogP contribution in [-0.4, -0.2) is 37.0 Å². The predicted octanol–water partition coefficient (Wildman–Crippen LogP) is 3.77. The maximum absolute atomic E-state index is 9.70. The first-order valence-corrected chi connectivity index (χ1v) is 10.2. The predicted molar refractivity (Wildman–Crippen MR) is 115 cm³/mol. The summed E-state index contributed by atoms with van der Waals surface area (Å²) in [6.45, 7) is 2.14. The largest absolute Gasteiger partial charge is 0.393 e. The molecule has 1 aliphatic rings. The average Bonchev–Trinajstić information content (AvgIpc) is 3.11. The first-order chi connectivity index (χ1) is 14.1. The summed E-state index contributed by atoms with van der Waals surface area (Å²) in [4.78, 5) is 9.12. The number of aliphatic hydroxyl groups excluding tert-OH is 1. The number of hydrogen-bond donors (Lipinski definition) is 3. The van der Waals surface area contributed by atoms with Crippen LogP contribution in [0.15, 0.2) is 48.8 Å². The van der Waals surface area contributed by atoms with Crippen LogP contribution in [0.3, 0.4) is 0 Å². The summed E-state index contributed by atoms with van der Waals surface area (Å²) < 4.78 is 1.84. The second-order valence-electron chi connectivity index (χ2n) is 7.72. The van der Waals surface area contributed by atoms with Crippen molar-refractivity contribution in [3.05, 3.63) is 54.4 Å². The van der Waals surface area contributed by atoms with E-state index in [9.17, 15) is 5.11 Å².